The molecular weight excluding hydrogens is 364 g/mol. The minimum atomic E-state index is -0.136. The highest BCUT2D eigenvalue weighted by atomic mass is 32.1. The number of imidazole rings is 1. The number of thiazole rings is 1. The Labute approximate surface area is 162 Å². The molecule has 1 aromatic carbocycles. The largest absolute Gasteiger partial charge is 0.493 e. The molecule has 0 radical (unpaired) electrons. The van der Waals surface area contributed by atoms with Gasteiger partial charge in [-0.15, -0.1) is 11.3 Å². The van der Waals surface area contributed by atoms with Gasteiger partial charge in [-0.2, -0.15) is 0 Å². The number of methoxy groups -OCH3 is 2. The number of carbonyl (C=O) groups is 1. The average molecular weight is 386 g/mol. The molecule has 8 heteroatoms. The lowest BCUT2D eigenvalue weighted by molar-refractivity contribution is -0.116. The number of ether oxygens (including phenoxy) is 2. The number of hydrogen-bond acceptors (Lipinski definition) is 6. The molecule has 1 N–H and O–H groups in total. The molecule has 0 aliphatic rings. The number of amides is 1. The third-order valence-electron chi connectivity index (χ3n) is 4.01. The fraction of sp³-hybridized carbons (Fsp3) is 0.316. The molecule has 0 aliphatic carbocycles. The zero-order valence-corrected chi connectivity index (χ0v) is 16.5. The van der Waals surface area contributed by atoms with Gasteiger partial charge in [-0.25, -0.2) is 9.97 Å². The molecule has 2 aromatic heterocycles. The number of benzene rings is 1. The van der Waals surface area contributed by atoms with Crippen LogP contribution in [-0.4, -0.2) is 34.7 Å². The van der Waals surface area contributed by atoms with Gasteiger partial charge in [0.25, 0.3) is 0 Å². The third kappa shape index (κ3) is 4.28. The van der Waals surface area contributed by atoms with Crippen LogP contribution in [0.1, 0.15) is 25.6 Å². The molecule has 0 spiro atoms. The normalized spacial score (nSPS) is 10.9. The van der Waals surface area contributed by atoms with Gasteiger partial charge in [0, 0.05) is 29.3 Å². The van der Waals surface area contributed by atoms with E-state index in [4.69, 9.17) is 9.47 Å². The average Bonchev–Trinajstić information content (AvgIpc) is 3.30. The SMILES string of the molecule is COc1ccc(-c2csc(NC(=O)Cn3ccnc3C(C)C)n2)cc1OC. The number of rotatable bonds is 7. The molecule has 27 heavy (non-hydrogen) atoms. The Kier molecular flexibility index (Phi) is 5.75. The zero-order chi connectivity index (χ0) is 19.4. The van der Waals surface area contributed by atoms with Gasteiger partial charge < -0.3 is 19.4 Å². The monoisotopic (exact) mass is 386 g/mol. The standard InChI is InChI=1S/C19H22N4O3S/c1-12(2)18-20-7-8-23(18)10-17(24)22-19-21-14(11-27-19)13-5-6-15(25-3)16(9-13)26-4/h5-9,11-12H,10H2,1-4H3,(H,21,22,24). The molecule has 0 saturated heterocycles. The van der Waals surface area contributed by atoms with Crippen molar-refractivity contribution in [1.29, 1.82) is 0 Å². The molecule has 0 fully saturated rings. The van der Waals surface area contributed by atoms with E-state index in [-0.39, 0.29) is 18.4 Å². The van der Waals surface area contributed by atoms with E-state index < -0.39 is 0 Å². The second kappa shape index (κ2) is 8.22. The summed E-state index contributed by atoms with van der Waals surface area (Å²) in [6, 6.07) is 5.60. The first-order valence-corrected chi connectivity index (χ1v) is 9.38. The van der Waals surface area contributed by atoms with Crippen LogP contribution in [0.4, 0.5) is 5.13 Å². The summed E-state index contributed by atoms with van der Waals surface area (Å²) in [6.45, 7) is 4.30. The lowest BCUT2D eigenvalue weighted by atomic mass is 10.1. The molecule has 0 aliphatic heterocycles. The molecule has 3 rings (SSSR count). The zero-order valence-electron chi connectivity index (χ0n) is 15.7. The van der Waals surface area contributed by atoms with Crippen molar-refractivity contribution >= 4 is 22.4 Å². The van der Waals surface area contributed by atoms with E-state index in [0.29, 0.717) is 16.6 Å². The van der Waals surface area contributed by atoms with Crippen LogP contribution in [0.25, 0.3) is 11.3 Å². The summed E-state index contributed by atoms with van der Waals surface area (Å²) < 4.78 is 12.4. The molecule has 0 saturated carbocycles. The Morgan fingerprint density at radius 2 is 2.04 bits per heavy atom. The highest BCUT2D eigenvalue weighted by molar-refractivity contribution is 7.14. The highest BCUT2D eigenvalue weighted by Gasteiger charge is 2.13. The summed E-state index contributed by atoms with van der Waals surface area (Å²) in [5.74, 6) is 2.30. The fourth-order valence-electron chi connectivity index (χ4n) is 2.73. The molecule has 2 heterocycles. The minimum Gasteiger partial charge on any atom is -0.493 e. The maximum atomic E-state index is 12.4. The minimum absolute atomic E-state index is 0.136. The van der Waals surface area contributed by atoms with Crippen LogP contribution in [0.15, 0.2) is 36.0 Å². The Hall–Kier alpha value is -2.87. The third-order valence-corrected chi connectivity index (χ3v) is 4.77. The van der Waals surface area contributed by atoms with Crippen LogP contribution in [0.2, 0.25) is 0 Å². The van der Waals surface area contributed by atoms with Crippen LogP contribution in [0.3, 0.4) is 0 Å². The van der Waals surface area contributed by atoms with Crippen LogP contribution >= 0.6 is 11.3 Å². The molecule has 1 amide bonds. The van der Waals surface area contributed by atoms with E-state index in [9.17, 15) is 4.79 Å². The number of nitrogens with one attached hydrogen (secondary N) is 1. The van der Waals surface area contributed by atoms with Gasteiger partial charge in [-0.05, 0) is 18.2 Å². The fourth-order valence-corrected chi connectivity index (χ4v) is 3.46. The second-order valence-electron chi connectivity index (χ2n) is 6.22. The highest BCUT2D eigenvalue weighted by Crippen LogP contribution is 2.33. The summed E-state index contributed by atoms with van der Waals surface area (Å²) in [5, 5.41) is 5.30. The quantitative estimate of drug-likeness (QED) is 0.668. The van der Waals surface area contributed by atoms with Crippen molar-refractivity contribution in [2.75, 3.05) is 19.5 Å². The summed E-state index contributed by atoms with van der Waals surface area (Å²) in [6.07, 6.45) is 3.52. The van der Waals surface area contributed by atoms with Crippen molar-refractivity contribution in [1.82, 2.24) is 14.5 Å². The first-order valence-electron chi connectivity index (χ1n) is 8.50. The van der Waals surface area contributed by atoms with E-state index in [1.807, 2.05) is 48.2 Å². The lowest BCUT2D eigenvalue weighted by Gasteiger charge is -2.09. The summed E-state index contributed by atoms with van der Waals surface area (Å²) in [5.41, 5.74) is 1.66. The van der Waals surface area contributed by atoms with Crippen molar-refractivity contribution in [3.8, 4) is 22.8 Å². The maximum absolute atomic E-state index is 12.4. The van der Waals surface area contributed by atoms with Gasteiger partial charge in [-0.1, -0.05) is 13.8 Å². The van der Waals surface area contributed by atoms with Crippen molar-refractivity contribution in [2.24, 2.45) is 0 Å². The molecule has 0 bridgehead atoms. The van der Waals surface area contributed by atoms with E-state index in [0.717, 1.165) is 17.1 Å². The Bertz CT molecular complexity index is 933. The summed E-state index contributed by atoms with van der Waals surface area (Å²) in [4.78, 5) is 21.2. The molecule has 0 unspecified atom stereocenters. The van der Waals surface area contributed by atoms with Crippen LogP contribution in [0, 0.1) is 0 Å². The first kappa shape index (κ1) is 18.9. The van der Waals surface area contributed by atoms with E-state index in [2.05, 4.69) is 15.3 Å². The lowest BCUT2D eigenvalue weighted by Crippen LogP contribution is -2.20. The van der Waals surface area contributed by atoms with Gasteiger partial charge in [-0.3, -0.25) is 4.79 Å². The van der Waals surface area contributed by atoms with Crippen molar-refractivity contribution in [2.45, 2.75) is 26.3 Å². The van der Waals surface area contributed by atoms with Crippen LogP contribution < -0.4 is 14.8 Å². The van der Waals surface area contributed by atoms with Crippen molar-refractivity contribution < 1.29 is 14.3 Å². The smallest absolute Gasteiger partial charge is 0.246 e. The number of aromatic nitrogens is 3. The van der Waals surface area contributed by atoms with Crippen molar-refractivity contribution in [3.63, 3.8) is 0 Å². The molecular formula is C19H22N4O3S. The van der Waals surface area contributed by atoms with Crippen LogP contribution in [0.5, 0.6) is 11.5 Å². The maximum Gasteiger partial charge on any atom is 0.246 e. The number of nitrogens with zero attached hydrogens (tertiary/aromatic N) is 3. The number of carbonyl (C=O) groups excluding carboxylic acids is 1. The predicted molar refractivity (Wildman–Crippen MR) is 106 cm³/mol. The van der Waals surface area contributed by atoms with Gasteiger partial charge in [0.1, 0.15) is 12.4 Å². The second-order valence-corrected chi connectivity index (χ2v) is 7.08. The molecule has 7 nitrogen and oxygen atoms in total. The molecule has 0 atom stereocenters. The molecule has 142 valence electrons. The van der Waals surface area contributed by atoms with E-state index >= 15 is 0 Å². The molecule has 3 aromatic rings. The number of anilines is 1. The van der Waals surface area contributed by atoms with E-state index in [1.165, 1.54) is 11.3 Å². The van der Waals surface area contributed by atoms with E-state index in [1.54, 1.807) is 20.4 Å². The summed E-state index contributed by atoms with van der Waals surface area (Å²) in [7, 11) is 3.19. The predicted octanol–water partition coefficient (Wildman–Crippen LogP) is 3.79. The Morgan fingerprint density at radius 3 is 2.74 bits per heavy atom. The Balaban J connectivity index is 1.71. The number of hydrogen-bond donors (Lipinski definition) is 1. The van der Waals surface area contributed by atoms with Gasteiger partial charge >= 0.3 is 0 Å². The Morgan fingerprint density at radius 1 is 1.26 bits per heavy atom. The van der Waals surface area contributed by atoms with Gasteiger partial charge in [0.05, 0.1) is 19.9 Å². The van der Waals surface area contributed by atoms with Gasteiger partial charge in [0.15, 0.2) is 16.6 Å². The van der Waals surface area contributed by atoms with Crippen LogP contribution in [-0.2, 0) is 11.3 Å². The summed E-state index contributed by atoms with van der Waals surface area (Å²) >= 11 is 1.38. The van der Waals surface area contributed by atoms with Crippen molar-refractivity contribution in [3.05, 3.63) is 41.8 Å². The topological polar surface area (TPSA) is 78.3 Å². The van der Waals surface area contributed by atoms with Gasteiger partial charge in [0.2, 0.25) is 5.91 Å². The first-order chi connectivity index (χ1) is 13.0.